The zero-order chi connectivity index (χ0) is 19.1. The van der Waals surface area contributed by atoms with E-state index in [1.807, 2.05) is 49.6 Å². The third-order valence-corrected chi connectivity index (χ3v) is 4.21. The lowest BCUT2D eigenvalue weighted by Crippen LogP contribution is -2.36. The average molecular weight is 375 g/mol. The minimum atomic E-state index is -0.0956. The van der Waals surface area contributed by atoms with E-state index < -0.39 is 0 Å². The second-order valence-electron chi connectivity index (χ2n) is 6.42. The van der Waals surface area contributed by atoms with Crippen molar-refractivity contribution in [1.29, 1.82) is 0 Å². The van der Waals surface area contributed by atoms with Crippen molar-refractivity contribution in [3.8, 4) is 11.4 Å². The number of aromatic nitrogens is 3. The lowest BCUT2D eigenvalue weighted by atomic mass is 10.1. The van der Waals surface area contributed by atoms with E-state index in [1.54, 1.807) is 0 Å². The predicted octanol–water partition coefficient (Wildman–Crippen LogP) is 2.19. The van der Waals surface area contributed by atoms with Crippen molar-refractivity contribution in [1.82, 2.24) is 25.4 Å². The summed E-state index contributed by atoms with van der Waals surface area (Å²) in [5, 5.41) is 12.6. The fraction of sp³-hybridized carbons (Fsp3) is 0.444. The van der Waals surface area contributed by atoms with E-state index in [-0.39, 0.29) is 24.2 Å². The molecule has 2 aromatic rings. The number of aromatic amines is 1. The van der Waals surface area contributed by atoms with Crippen LogP contribution in [0.2, 0.25) is 0 Å². The first-order chi connectivity index (χ1) is 12.4. The lowest BCUT2D eigenvalue weighted by Gasteiger charge is -2.10. The molecular formula is C18H25N5O2S. The van der Waals surface area contributed by atoms with Crippen LogP contribution in [0.15, 0.2) is 24.3 Å². The molecule has 1 aromatic heterocycles. The molecule has 7 nitrogen and oxygen atoms in total. The normalized spacial score (nSPS) is 10.8. The van der Waals surface area contributed by atoms with E-state index in [1.165, 1.54) is 5.56 Å². The van der Waals surface area contributed by atoms with Gasteiger partial charge in [-0.25, -0.2) is 0 Å². The number of nitrogens with zero attached hydrogens (tertiary/aromatic N) is 2. The number of carbonyl (C=O) groups excluding carboxylic acids is 2. The van der Waals surface area contributed by atoms with Crippen molar-refractivity contribution in [2.24, 2.45) is 5.92 Å². The number of hydrogen-bond donors (Lipinski definition) is 3. The Morgan fingerprint density at radius 1 is 1.19 bits per heavy atom. The van der Waals surface area contributed by atoms with Crippen LogP contribution in [-0.4, -0.2) is 39.7 Å². The summed E-state index contributed by atoms with van der Waals surface area (Å²) in [5.74, 6) is 0.536. The van der Waals surface area contributed by atoms with E-state index in [2.05, 4.69) is 20.8 Å². The number of benzene rings is 1. The van der Waals surface area contributed by atoms with Crippen molar-refractivity contribution < 1.29 is 9.59 Å². The molecule has 0 unspecified atom stereocenters. The van der Waals surface area contributed by atoms with Gasteiger partial charge in [0.15, 0.2) is 10.6 Å². The van der Waals surface area contributed by atoms with Gasteiger partial charge in [0.05, 0.1) is 0 Å². The number of hydrogen-bond acceptors (Lipinski definition) is 4. The van der Waals surface area contributed by atoms with Crippen molar-refractivity contribution in [2.75, 3.05) is 13.1 Å². The van der Waals surface area contributed by atoms with Crippen LogP contribution in [-0.2, 0) is 16.1 Å². The van der Waals surface area contributed by atoms with Crippen LogP contribution in [0.25, 0.3) is 11.4 Å². The molecular weight excluding hydrogens is 350 g/mol. The highest BCUT2D eigenvalue weighted by Crippen LogP contribution is 2.18. The Hall–Kier alpha value is -2.48. The fourth-order valence-electron chi connectivity index (χ4n) is 2.34. The summed E-state index contributed by atoms with van der Waals surface area (Å²) in [6.07, 6.45) is 0.283. The van der Waals surface area contributed by atoms with Crippen LogP contribution < -0.4 is 10.6 Å². The predicted molar refractivity (Wildman–Crippen MR) is 103 cm³/mol. The lowest BCUT2D eigenvalue weighted by molar-refractivity contribution is -0.124. The summed E-state index contributed by atoms with van der Waals surface area (Å²) in [4.78, 5) is 23.5. The van der Waals surface area contributed by atoms with Crippen molar-refractivity contribution >= 4 is 24.0 Å². The minimum Gasteiger partial charge on any atom is -0.354 e. The number of carbonyl (C=O) groups is 2. The van der Waals surface area contributed by atoms with Gasteiger partial charge < -0.3 is 10.6 Å². The van der Waals surface area contributed by atoms with Crippen LogP contribution in [0.3, 0.4) is 0 Å². The van der Waals surface area contributed by atoms with Gasteiger partial charge in [0.1, 0.15) is 0 Å². The molecule has 26 heavy (non-hydrogen) atoms. The maximum atomic E-state index is 12.0. The number of amides is 2. The highest BCUT2D eigenvalue weighted by molar-refractivity contribution is 7.71. The van der Waals surface area contributed by atoms with Gasteiger partial charge in [0.25, 0.3) is 0 Å². The van der Waals surface area contributed by atoms with Gasteiger partial charge in [-0.3, -0.25) is 19.3 Å². The second kappa shape index (κ2) is 9.28. The van der Waals surface area contributed by atoms with Gasteiger partial charge in [0, 0.05) is 37.5 Å². The summed E-state index contributed by atoms with van der Waals surface area (Å²) in [5.41, 5.74) is 2.11. The molecule has 1 aromatic carbocycles. The van der Waals surface area contributed by atoms with Gasteiger partial charge in [-0.05, 0) is 19.1 Å². The molecule has 2 rings (SSSR count). The van der Waals surface area contributed by atoms with Crippen LogP contribution in [0, 0.1) is 17.6 Å². The fourth-order valence-corrected chi connectivity index (χ4v) is 2.57. The Kier molecular flexibility index (Phi) is 7.08. The molecule has 0 spiro atoms. The molecule has 2 amide bonds. The molecule has 0 aliphatic rings. The quantitative estimate of drug-likeness (QED) is 0.487. The molecule has 0 saturated heterocycles. The number of aryl methyl sites for hydroxylation is 1. The highest BCUT2D eigenvalue weighted by atomic mass is 32.1. The summed E-state index contributed by atoms with van der Waals surface area (Å²) in [6.45, 7) is 6.93. The molecule has 8 heteroatoms. The van der Waals surface area contributed by atoms with Crippen molar-refractivity contribution in [3.63, 3.8) is 0 Å². The molecule has 0 atom stereocenters. The van der Waals surface area contributed by atoms with Crippen LogP contribution >= 0.6 is 12.2 Å². The van der Waals surface area contributed by atoms with Crippen molar-refractivity contribution in [3.05, 3.63) is 34.6 Å². The Morgan fingerprint density at radius 2 is 1.85 bits per heavy atom. The minimum absolute atomic E-state index is 0.0216. The maximum absolute atomic E-state index is 12.0. The molecule has 1 heterocycles. The van der Waals surface area contributed by atoms with E-state index in [0.29, 0.717) is 30.2 Å². The first kappa shape index (κ1) is 19.8. The van der Waals surface area contributed by atoms with E-state index >= 15 is 0 Å². The average Bonchev–Trinajstić information content (AvgIpc) is 2.98. The third-order valence-electron chi connectivity index (χ3n) is 3.90. The standard InChI is InChI=1S/C18H25N5O2S/c1-12(2)17(25)20-10-9-19-15(24)8-11-23-16(21-22-18(23)26)14-6-4-13(3)5-7-14/h4-7,12H,8-11H2,1-3H3,(H,19,24)(H,20,25)(H,22,26). The molecule has 0 radical (unpaired) electrons. The molecule has 0 fully saturated rings. The van der Waals surface area contributed by atoms with E-state index in [4.69, 9.17) is 12.2 Å². The van der Waals surface area contributed by atoms with Gasteiger partial charge >= 0.3 is 0 Å². The second-order valence-corrected chi connectivity index (χ2v) is 6.80. The van der Waals surface area contributed by atoms with Crippen LogP contribution in [0.5, 0.6) is 0 Å². The molecule has 140 valence electrons. The summed E-state index contributed by atoms with van der Waals surface area (Å²) < 4.78 is 2.30. The largest absolute Gasteiger partial charge is 0.354 e. The number of H-pyrrole nitrogens is 1. The summed E-state index contributed by atoms with van der Waals surface area (Å²) in [7, 11) is 0. The summed E-state index contributed by atoms with van der Waals surface area (Å²) >= 11 is 5.28. The molecule has 3 N–H and O–H groups in total. The van der Waals surface area contributed by atoms with Crippen LogP contribution in [0.1, 0.15) is 25.8 Å². The first-order valence-electron chi connectivity index (χ1n) is 8.65. The number of nitrogens with one attached hydrogen (secondary N) is 3. The zero-order valence-electron chi connectivity index (χ0n) is 15.3. The smallest absolute Gasteiger partial charge is 0.222 e. The highest BCUT2D eigenvalue weighted by Gasteiger charge is 2.11. The topological polar surface area (TPSA) is 91.8 Å². The van der Waals surface area contributed by atoms with Gasteiger partial charge in [-0.1, -0.05) is 43.7 Å². The first-order valence-corrected chi connectivity index (χ1v) is 9.06. The number of rotatable bonds is 8. The SMILES string of the molecule is Cc1ccc(-c2n[nH]c(=S)n2CCC(=O)NCCNC(=O)C(C)C)cc1. The molecule has 0 aliphatic carbocycles. The van der Waals surface area contributed by atoms with Crippen LogP contribution in [0.4, 0.5) is 0 Å². The summed E-state index contributed by atoms with van der Waals surface area (Å²) in [6, 6.07) is 7.98. The Balaban J connectivity index is 1.87. The Labute approximate surface area is 158 Å². The monoisotopic (exact) mass is 375 g/mol. The molecule has 0 aliphatic heterocycles. The maximum Gasteiger partial charge on any atom is 0.222 e. The van der Waals surface area contributed by atoms with E-state index in [9.17, 15) is 9.59 Å². The molecule has 0 saturated carbocycles. The van der Waals surface area contributed by atoms with Gasteiger partial charge in [-0.2, -0.15) is 5.10 Å². The Bertz CT molecular complexity index is 808. The van der Waals surface area contributed by atoms with Crippen molar-refractivity contribution in [2.45, 2.75) is 33.7 Å². The van der Waals surface area contributed by atoms with Gasteiger partial charge in [0.2, 0.25) is 11.8 Å². The molecule has 0 bridgehead atoms. The zero-order valence-corrected chi connectivity index (χ0v) is 16.2. The van der Waals surface area contributed by atoms with E-state index in [0.717, 1.165) is 5.56 Å². The third kappa shape index (κ3) is 5.52. The van der Waals surface area contributed by atoms with Gasteiger partial charge in [-0.15, -0.1) is 0 Å². The Morgan fingerprint density at radius 3 is 2.50 bits per heavy atom.